The summed E-state index contributed by atoms with van der Waals surface area (Å²) in [5, 5.41) is 1.12. The van der Waals surface area contributed by atoms with Crippen molar-refractivity contribution in [3.63, 3.8) is 0 Å². The molecule has 0 radical (unpaired) electrons. The van der Waals surface area contributed by atoms with Crippen LogP contribution in [-0.4, -0.2) is 4.98 Å². The molecule has 0 saturated carbocycles. The Morgan fingerprint density at radius 1 is 0.842 bits per heavy atom. The zero-order valence-corrected chi connectivity index (χ0v) is 11.1. The maximum absolute atomic E-state index is 5.89. The van der Waals surface area contributed by atoms with Crippen molar-refractivity contribution in [2.45, 2.75) is 13.8 Å². The molecule has 0 aliphatic rings. The minimum atomic E-state index is 0.632. The lowest BCUT2D eigenvalue weighted by molar-refractivity contribution is 0.461. The lowest BCUT2D eigenvalue weighted by Crippen LogP contribution is -1.92. The van der Waals surface area contributed by atoms with Gasteiger partial charge in [0.1, 0.15) is 5.75 Å². The van der Waals surface area contributed by atoms with Gasteiger partial charge in [0.05, 0.1) is 5.52 Å². The number of aryl methyl sites for hydroxylation is 1. The van der Waals surface area contributed by atoms with Crippen molar-refractivity contribution in [2.24, 2.45) is 0 Å². The quantitative estimate of drug-likeness (QED) is 0.659. The fourth-order valence-corrected chi connectivity index (χ4v) is 2.05. The SMILES string of the molecule is Cc1cccc(Oc2ccc3ccccc3n2)c1C. The summed E-state index contributed by atoms with van der Waals surface area (Å²) in [5.41, 5.74) is 3.32. The molecular formula is C17H15NO. The number of pyridine rings is 1. The van der Waals surface area contributed by atoms with Gasteiger partial charge >= 0.3 is 0 Å². The Kier molecular flexibility index (Phi) is 2.92. The number of para-hydroxylation sites is 1. The number of benzene rings is 2. The van der Waals surface area contributed by atoms with E-state index in [1.807, 2.05) is 48.5 Å². The van der Waals surface area contributed by atoms with E-state index in [-0.39, 0.29) is 0 Å². The van der Waals surface area contributed by atoms with Crippen LogP contribution in [-0.2, 0) is 0 Å². The molecule has 0 bridgehead atoms. The van der Waals surface area contributed by atoms with E-state index in [9.17, 15) is 0 Å². The Hall–Kier alpha value is -2.35. The Morgan fingerprint density at radius 2 is 1.68 bits per heavy atom. The molecule has 1 heterocycles. The molecule has 0 fully saturated rings. The smallest absolute Gasteiger partial charge is 0.219 e. The second-order valence-corrected chi connectivity index (χ2v) is 4.64. The first-order valence-electron chi connectivity index (χ1n) is 6.34. The van der Waals surface area contributed by atoms with Crippen LogP contribution in [0.5, 0.6) is 11.6 Å². The molecule has 3 rings (SSSR count). The van der Waals surface area contributed by atoms with Gasteiger partial charge in [0, 0.05) is 11.5 Å². The van der Waals surface area contributed by atoms with E-state index in [0.717, 1.165) is 22.2 Å². The molecule has 2 nitrogen and oxygen atoms in total. The summed E-state index contributed by atoms with van der Waals surface area (Å²) >= 11 is 0. The summed E-state index contributed by atoms with van der Waals surface area (Å²) < 4.78 is 5.89. The fourth-order valence-electron chi connectivity index (χ4n) is 2.05. The maximum atomic E-state index is 5.89. The molecule has 0 N–H and O–H groups in total. The highest BCUT2D eigenvalue weighted by Crippen LogP contribution is 2.26. The minimum absolute atomic E-state index is 0.632. The van der Waals surface area contributed by atoms with Gasteiger partial charge in [-0.15, -0.1) is 0 Å². The van der Waals surface area contributed by atoms with Crippen LogP contribution in [0.15, 0.2) is 54.6 Å². The van der Waals surface area contributed by atoms with Crippen molar-refractivity contribution < 1.29 is 4.74 Å². The van der Waals surface area contributed by atoms with Gasteiger partial charge in [-0.1, -0.05) is 30.3 Å². The largest absolute Gasteiger partial charge is 0.439 e. The Bertz CT molecular complexity index is 734. The van der Waals surface area contributed by atoms with Crippen LogP contribution in [0.25, 0.3) is 10.9 Å². The third kappa shape index (κ3) is 2.29. The normalized spacial score (nSPS) is 10.6. The number of aromatic nitrogens is 1. The number of fused-ring (bicyclic) bond motifs is 1. The van der Waals surface area contributed by atoms with E-state index in [1.54, 1.807) is 0 Å². The van der Waals surface area contributed by atoms with Crippen LogP contribution in [0, 0.1) is 13.8 Å². The van der Waals surface area contributed by atoms with E-state index in [2.05, 4.69) is 24.9 Å². The lowest BCUT2D eigenvalue weighted by Gasteiger charge is -2.10. The van der Waals surface area contributed by atoms with Crippen LogP contribution in [0.2, 0.25) is 0 Å². The molecule has 0 unspecified atom stereocenters. The molecule has 1 aromatic heterocycles. The molecule has 0 aliphatic heterocycles. The first-order chi connectivity index (χ1) is 9.24. The molecule has 0 aliphatic carbocycles. The number of hydrogen-bond acceptors (Lipinski definition) is 2. The Morgan fingerprint density at radius 3 is 2.58 bits per heavy atom. The van der Waals surface area contributed by atoms with Crippen LogP contribution >= 0.6 is 0 Å². The predicted octanol–water partition coefficient (Wildman–Crippen LogP) is 4.64. The molecule has 2 heteroatoms. The minimum Gasteiger partial charge on any atom is -0.439 e. The van der Waals surface area contributed by atoms with Gasteiger partial charge in [-0.05, 0) is 43.2 Å². The molecular weight excluding hydrogens is 234 g/mol. The van der Waals surface area contributed by atoms with Crippen molar-refractivity contribution in [2.75, 3.05) is 0 Å². The van der Waals surface area contributed by atoms with Crippen LogP contribution < -0.4 is 4.74 Å². The third-order valence-corrected chi connectivity index (χ3v) is 3.34. The van der Waals surface area contributed by atoms with Gasteiger partial charge in [-0.2, -0.15) is 0 Å². The second kappa shape index (κ2) is 4.73. The monoisotopic (exact) mass is 249 g/mol. The summed E-state index contributed by atoms with van der Waals surface area (Å²) in [5.74, 6) is 1.50. The first kappa shape index (κ1) is 11.7. The highest BCUT2D eigenvalue weighted by Gasteiger charge is 2.04. The van der Waals surface area contributed by atoms with Crippen molar-refractivity contribution in [3.8, 4) is 11.6 Å². The molecule has 3 aromatic rings. The van der Waals surface area contributed by atoms with Gasteiger partial charge in [-0.3, -0.25) is 0 Å². The molecule has 0 atom stereocenters. The van der Waals surface area contributed by atoms with Crippen molar-refractivity contribution in [3.05, 3.63) is 65.7 Å². The van der Waals surface area contributed by atoms with Crippen LogP contribution in [0.4, 0.5) is 0 Å². The number of nitrogens with zero attached hydrogens (tertiary/aromatic N) is 1. The van der Waals surface area contributed by atoms with Crippen molar-refractivity contribution >= 4 is 10.9 Å². The maximum Gasteiger partial charge on any atom is 0.219 e. The molecule has 19 heavy (non-hydrogen) atoms. The molecule has 0 saturated heterocycles. The highest BCUT2D eigenvalue weighted by molar-refractivity contribution is 5.78. The topological polar surface area (TPSA) is 22.1 Å². The molecule has 0 amide bonds. The molecule has 0 spiro atoms. The number of ether oxygens (including phenoxy) is 1. The first-order valence-corrected chi connectivity index (χ1v) is 6.34. The second-order valence-electron chi connectivity index (χ2n) is 4.64. The third-order valence-electron chi connectivity index (χ3n) is 3.34. The van der Waals surface area contributed by atoms with Gasteiger partial charge in [0.2, 0.25) is 5.88 Å². The summed E-state index contributed by atoms with van der Waals surface area (Å²) in [6, 6.07) is 18.0. The lowest BCUT2D eigenvalue weighted by atomic mass is 10.1. The Labute approximate surface area is 112 Å². The highest BCUT2D eigenvalue weighted by atomic mass is 16.5. The van der Waals surface area contributed by atoms with Gasteiger partial charge in [0.25, 0.3) is 0 Å². The molecule has 2 aromatic carbocycles. The van der Waals surface area contributed by atoms with Crippen molar-refractivity contribution in [1.29, 1.82) is 0 Å². The zero-order chi connectivity index (χ0) is 13.2. The Balaban J connectivity index is 1.99. The number of hydrogen-bond donors (Lipinski definition) is 0. The molecule has 94 valence electrons. The summed E-state index contributed by atoms with van der Waals surface area (Å²) in [4.78, 5) is 4.52. The van der Waals surface area contributed by atoms with Crippen LogP contribution in [0.3, 0.4) is 0 Å². The van der Waals surface area contributed by atoms with Gasteiger partial charge in [0.15, 0.2) is 0 Å². The summed E-state index contributed by atoms with van der Waals surface area (Å²) in [7, 11) is 0. The van der Waals surface area contributed by atoms with E-state index >= 15 is 0 Å². The average molecular weight is 249 g/mol. The average Bonchev–Trinajstić information content (AvgIpc) is 2.44. The standard InChI is InChI=1S/C17H15NO/c1-12-6-5-9-16(13(12)2)19-17-11-10-14-7-3-4-8-15(14)18-17/h3-11H,1-2H3. The predicted molar refractivity (Wildman–Crippen MR) is 77.7 cm³/mol. The van der Waals surface area contributed by atoms with Crippen molar-refractivity contribution in [1.82, 2.24) is 4.98 Å². The van der Waals surface area contributed by atoms with Gasteiger partial charge < -0.3 is 4.74 Å². The van der Waals surface area contributed by atoms with Gasteiger partial charge in [-0.25, -0.2) is 4.98 Å². The zero-order valence-electron chi connectivity index (χ0n) is 11.1. The van der Waals surface area contributed by atoms with Crippen LogP contribution in [0.1, 0.15) is 11.1 Å². The van der Waals surface area contributed by atoms with E-state index < -0.39 is 0 Å². The fraction of sp³-hybridized carbons (Fsp3) is 0.118. The summed E-state index contributed by atoms with van der Waals surface area (Å²) in [6.45, 7) is 4.14. The van der Waals surface area contributed by atoms with E-state index in [4.69, 9.17) is 4.74 Å². The van der Waals surface area contributed by atoms with E-state index in [1.165, 1.54) is 5.56 Å². The van der Waals surface area contributed by atoms with E-state index in [0.29, 0.717) is 5.88 Å². The summed E-state index contributed by atoms with van der Waals surface area (Å²) in [6.07, 6.45) is 0. The number of rotatable bonds is 2.